The van der Waals surface area contributed by atoms with Gasteiger partial charge in [-0.3, -0.25) is 4.98 Å². The standard InChI is InChI=1S/C18H21N3O3/c1-5-15(22-3)17(23-4)10-13-11-20-9-8-16(13)24-14-6-7-18(19-2)21-12-14/h5-12H,1-4H3,(H,19,21)/b15-5+,17-10+. The smallest absolute Gasteiger partial charge is 0.161 e. The van der Waals surface area contributed by atoms with E-state index in [1.807, 2.05) is 38.3 Å². The summed E-state index contributed by atoms with van der Waals surface area (Å²) >= 11 is 0. The Morgan fingerprint density at radius 1 is 1.08 bits per heavy atom. The second kappa shape index (κ2) is 8.57. The molecule has 0 amide bonds. The van der Waals surface area contributed by atoms with Crippen LogP contribution in [0.3, 0.4) is 0 Å². The van der Waals surface area contributed by atoms with Crippen LogP contribution >= 0.6 is 0 Å². The number of aromatic nitrogens is 2. The highest BCUT2D eigenvalue weighted by Gasteiger charge is 2.09. The van der Waals surface area contributed by atoms with Gasteiger partial charge < -0.3 is 19.5 Å². The number of pyridine rings is 2. The number of nitrogens with one attached hydrogen (secondary N) is 1. The molecule has 0 bridgehead atoms. The third kappa shape index (κ3) is 4.25. The lowest BCUT2D eigenvalue weighted by molar-refractivity contribution is 0.222. The Morgan fingerprint density at radius 2 is 1.88 bits per heavy atom. The van der Waals surface area contributed by atoms with E-state index in [0.717, 1.165) is 11.4 Å². The van der Waals surface area contributed by atoms with Crippen molar-refractivity contribution in [3.63, 3.8) is 0 Å². The highest BCUT2D eigenvalue weighted by atomic mass is 16.5. The van der Waals surface area contributed by atoms with Gasteiger partial charge in [0.2, 0.25) is 0 Å². The number of hydrogen-bond donors (Lipinski definition) is 1. The number of nitrogens with zero attached hydrogens (tertiary/aromatic N) is 2. The van der Waals surface area contributed by atoms with Crippen molar-refractivity contribution < 1.29 is 14.2 Å². The van der Waals surface area contributed by atoms with Gasteiger partial charge in [0.1, 0.15) is 17.3 Å². The maximum atomic E-state index is 5.91. The Balaban J connectivity index is 2.32. The molecule has 0 fully saturated rings. The van der Waals surface area contributed by atoms with Gasteiger partial charge in [0.15, 0.2) is 11.5 Å². The molecular weight excluding hydrogens is 306 g/mol. The molecule has 0 unspecified atom stereocenters. The molecule has 2 rings (SSSR count). The van der Waals surface area contributed by atoms with Crippen molar-refractivity contribution in [2.75, 3.05) is 26.6 Å². The van der Waals surface area contributed by atoms with Gasteiger partial charge in [-0.15, -0.1) is 0 Å². The Labute approximate surface area is 141 Å². The molecule has 2 heterocycles. The summed E-state index contributed by atoms with van der Waals surface area (Å²) < 4.78 is 16.6. The fourth-order valence-electron chi connectivity index (χ4n) is 2.04. The summed E-state index contributed by atoms with van der Waals surface area (Å²) in [7, 11) is 5.00. The molecule has 2 aromatic rings. The molecule has 0 aromatic carbocycles. The van der Waals surface area contributed by atoms with Crippen molar-refractivity contribution in [3.8, 4) is 11.5 Å². The topological polar surface area (TPSA) is 65.5 Å². The van der Waals surface area contributed by atoms with E-state index in [0.29, 0.717) is 23.0 Å². The lowest BCUT2D eigenvalue weighted by Gasteiger charge is -2.12. The molecule has 0 radical (unpaired) electrons. The largest absolute Gasteiger partial charge is 0.493 e. The van der Waals surface area contributed by atoms with Crippen molar-refractivity contribution in [1.82, 2.24) is 9.97 Å². The van der Waals surface area contributed by atoms with E-state index in [4.69, 9.17) is 14.2 Å². The van der Waals surface area contributed by atoms with Crippen LogP contribution in [0.2, 0.25) is 0 Å². The molecule has 0 aliphatic rings. The molecule has 0 aliphatic heterocycles. The molecule has 0 saturated heterocycles. The zero-order valence-corrected chi connectivity index (χ0v) is 14.2. The monoisotopic (exact) mass is 327 g/mol. The number of ether oxygens (including phenoxy) is 3. The molecule has 0 atom stereocenters. The first-order valence-corrected chi connectivity index (χ1v) is 7.43. The van der Waals surface area contributed by atoms with Crippen LogP contribution in [0.1, 0.15) is 12.5 Å². The minimum atomic E-state index is 0.585. The molecule has 6 nitrogen and oxygen atoms in total. The van der Waals surface area contributed by atoms with Gasteiger partial charge in [-0.1, -0.05) is 0 Å². The minimum Gasteiger partial charge on any atom is -0.493 e. The van der Waals surface area contributed by atoms with E-state index >= 15 is 0 Å². The van der Waals surface area contributed by atoms with Gasteiger partial charge in [0, 0.05) is 25.0 Å². The van der Waals surface area contributed by atoms with E-state index in [9.17, 15) is 0 Å². The van der Waals surface area contributed by atoms with Gasteiger partial charge >= 0.3 is 0 Å². The van der Waals surface area contributed by atoms with Gasteiger partial charge in [0.05, 0.1) is 20.4 Å². The van der Waals surface area contributed by atoms with Crippen molar-refractivity contribution >= 4 is 11.9 Å². The average Bonchev–Trinajstić information content (AvgIpc) is 2.63. The third-order valence-electron chi connectivity index (χ3n) is 3.26. The number of allylic oxidation sites excluding steroid dienone is 1. The number of anilines is 1. The predicted octanol–water partition coefficient (Wildman–Crippen LogP) is 3.85. The number of methoxy groups -OCH3 is 2. The summed E-state index contributed by atoms with van der Waals surface area (Å²) in [6, 6.07) is 5.47. The van der Waals surface area contributed by atoms with Crippen LogP contribution in [-0.4, -0.2) is 31.2 Å². The number of rotatable bonds is 7. The van der Waals surface area contributed by atoms with Crippen LogP contribution in [0, 0.1) is 0 Å². The molecule has 126 valence electrons. The summed E-state index contributed by atoms with van der Waals surface area (Å²) in [5.74, 6) is 3.27. The van der Waals surface area contributed by atoms with Gasteiger partial charge in [-0.25, -0.2) is 4.98 Å². The summed E-state index contributed by atoms with van der Waals surface area (Å²) in [5.41, 5.74) is 0.767. The maximum absolute atomic E-state index is 5.91. The zero-order chi connectivity index (χ0) is 17.4. The molecular formula is C18H21N3O3. The van der Waals surface area contributed by atoms with E-state index in [1.54, 1.807) is 38.9 Å². The van der Waals surface area contributed by atoms with Crippen molar-refractivity contribution in [1.29, 1.82) is 0 Å². The van der Waals surface area contributed by atoms with E-state index in [1.165, 1.54) is 0 Å². The van der Waals surface area contributed by atoms with Crippen LogP contribution in [0.15, 0.2) is 54.4 Å². The molecule has 0 saturated carbocycles. The Morgan fingerprint density at radius 3 is 2.46 bits per heavy atom. The summed E-state index contributed by atoms with van der Waals surface area (Å²) in [5, 5.41) is 2.97. The SMILES string of the molecule is C/C=C(OC)\C(=C/c1cnccc1Oc1ccc(NC)nc1)OC. The zero-order valence-electron chi connectivity index (χ0n) is 14.2. The molecule has 1 N–H and O–H groups in total. The predicted molar refractivity (Wildman–Crippen MR) is 93.8 cm³/mol. The van der Waals surface area contributed by atoms with Crippen LogP contribution in [-0.2, 0) is 9.47 Å². The second-order valence-corrected chi connectivity index (χ2v) is 4.71. The van der Waals surface area contributed by atoms with Crippen LogP contribution in [0.4, 0.5) is 5.82 Å². The van der Waals surface area contributed by atoms with Crippen LogP contribution in [0.25, 0.3) is 6.08 Å². The summed E-state index contributed by atoms with van der Waals surface area (Å²) in [6.45, 7) is 1.88. The van der Waals surface area contributed by atoms with E-state index in [-0.39, 0.29) is 0 Å². The molecule has 0 aliphatic carbocycles. The lowest BCUT2D eigenvalue weighted by Crippen LogP contribution is -1.97. The molecule has 24 heavy (non-hydrogen) atoms. The number of hydrogen-bond acceptors (Lipinski definition) is 6. The second-order valence-electron chi connectivity index (χ2n) is 4.71. The van der Waals surface area contributed by atoms with Gasteiger partial charge in [0.25, 0.3) is 0 Å². The normalized spacial score (nSPS) is 11.8. The first-order valence-electron chi connectivity index (χ1n) is 7.43. The van der Waals surface area contributed by atoms with Gasteiger partial charge in [-0.2, -0.15) is 0 Å². The van der Waals surface area contributed by atoms with Crippen molar-refractivity contribution in [2.45, 2.75) is 6.92 Å². The Kier molecular flexibility index (Phi) is 6.19. The average molecular weight is 327 g/mol. The Bertz CT molecular complexity index is 725. The van der Waals surface area contributed by atoms with Crippen molar-refractivity contribution in [3.05, 3.63) is 59.9 Å². The lowest BCUT2D eigenvalue weighted by atomic mass is 10.2. The summed E-state index contributed by atoms with van der Waals surface area (Å²) in [4.78, 5) is 8.38. The fraction of sp³-hybridized carbons (Fsp3) is 0.222. The first-order chi connectivity index (χ1) is 11.7. The maximum Gasteiger partial charge on any atom is 0.161 e. The van der Waals surface area contributed by atoms with E-state index < -0.39 is 0 Å². The minimum absolute atomic E-state index is 0.585. The molecule has 2 aromatic heterocycles. The first kappa shape index (κ1) is 17.3. The van der Waals surface area contributed by atoms with Crippen LogP contribution in [0.5, 0.6) is 11.5 Å². The quantitative estimate of drug-likeness (QED) is 0.615. The third-order valence-corrected chi connectivity index (χ3v) is 3.26. The van der Waals surface area contributed by atoms with E-state index in [2.05, 4.69) is 15.3 Å². The van der Waals surface area contributed by atoms with Crippen molar-refractivity contribution in [2.24, 2.45) is 0 Å². The highest BCUT2D eigenvalue weighted by molar-refractivity contribution is 5.61. The van der Waals surface area contributed by atoms with Crippen LogP contribution < -0.4 is 10.1 Å². The highest BCUT2D eigenvalue weighted by Crippen LogP contribution is 2.27. The Hall–Kier alpha value is -3.02. The molecule has 6 heteroatoms. The molecule has 0 spiro atoms. The van der Waals surface area contributed by atoms with Gasteiger partial charge in [-0.05, 0) is 37.3 Å². The summed E-state index contributed by atoms with van der Waals surface area (Å²) in [6.07, 6.45) is 8.67. The fourth-order valence-corrected chi connectivity index (χ4v) is 2.04.